The Labute approximate surface area is 174 Å². The van der Waals surface area contributed by atoms with Gasteiger partial charge in [-0.15, -0.1) is 0 Å². The molecule has 1 aromatic heterocycles. The first-order valence-corrected chi connectivity index (χ1v) is 9.39. The lowest BCUT2D eigenvalue weighted by molar-refractivity contribution is 0.0828. The van der Waals surface area contributed by atoms with Crippen molar-refractivity contribution in [3.8, 4) is 11.5 Å². The van der Waals surface area contributed by atoms with Crippen LogP contribution in [0.4, 0.5) is 0 Å². The van der Waals surface area contributed by atoms with Crippen molar-refractivity contribution in [2.24, 2.45) is 0 Å². The third-order valence-electron chi connectivity index (χ3n) is 4.27. The second-order valence-electron chi connectivity index (χ2n) is 6.78. The van der Waals surface area contributed by atoms with Gasteiger partial charge in [0.25, 0.3) is 5.91 Å². The Morgan fingerprint density at radius 3 is 2.43 bits per heavy atom. The molecule has 0 fully saturated rings. The maximum Gasteiger partial charge on any atom is 0.305 e. The molecule has 3 aromatic rings. The number of carbonyl (C=O) groups excluding carboxylic acids is 2. The molecule has 30 heavy (non-hydrogen) atoms. The van der Waals surface area contributed by atoms with Gasteiger partial charge in [0, 0.05) is 23.6 Å². The van der Waals surface area contributed by atoms with Crippen molar-refractivity contribution in [2.75, 3.05) is 14.2 Å². The summed E-state index contributed by atoms with van der Waals surface area (Å²) in [5.74, 6) is -0.0704. The third kappa shape index (κ3) is 4.55. The van der Waals surface area contributed by atoms with E-state index in [1.807, 2.05) is 32.0 Å². The predicted octanol–water partition coefficient (Wildman–Crippen LogP) is 3.45. The van der Waals surface area contributed by atoms with Gasteiger partial charge in [0.15, 0.2) is 17.3 Å². The minimum absolute atomic E-state index is 0.0389. The molecule has 3 rings (SSSR count). The van der Waals surface area contributed by atoms with Gasteiger partial charge >= 0.3 is 5.91 Å². The van der Waals surface area contributed by atoms with Crippen LogP contribution in [0.25, 0.3) is 11.0 Å². The Bertz CT molecular complexity index is 1060. The van der Waals surface area contributed by atoms with Crippen LogP contribution < -0.4 is 20.3 Å². The summed E-state index contributed by atoms with van der Waals surface area (Å²) in [6.07, 6.45) is -0.0389. The van der Waals surface area contributed by atoms with E-state index >= 15 is 0 Å². The number of methoxy groups -OCH3 is 2. The number of amides is 2. The van der Waals surface area contributed by atoms with Gasteiger partial charge in [-0.2, -0.15) is 0 Å². The molecule has 0 aliphatic carbocycles. The largest absolute Gasteiger partial charge is 0.493 e. The third-order valence-corrected chi connectivity index (χ3v) is 4.27. The van der Waals surface area contributed by atoms with E-state index in [9.17, 15) is 9.59 Å². The summed E-state index contributed by atoms with van der Waals surface area (Å²) in [7, 11) is 3.02. The minimum atomic E-state index is -0.585. The molecule has 0 spiro atoms. The number of furan rings is 1. The first kappa shape index (κ1) is 21.2. The van der Waals surface area contributed by atoms with Crippen molar-refractivity contribution in [1.29, 1.82) is 0 Å². The van der Waals surface area contributed by atoms with Crippen LogP contribution >= 0.6 is 0 Å². The number of para-hydroxylation sites is 1. The first-order chi connectivity index (χ1) is 14.4. The zero-order chi connectivity index (χ0) is 21.7. The molecule has 8 heteroatoms. The van der Waals surface area contributed by atoms with Gasteiger partial charge in [0.05, 0.1) is 19.8 Å². The van der Waals surface area contributed by atoms with Crippen LogP contribution in [0.5, 0.6) is 11.5 Å². The zero-order valence-corrected chi connectivity index (χ0v) is 17.3. The number of hydrazine groups is 1. The Kier molecular flexibility index (Phi) is 6.58. The van der Waals surface area contributed by atoms with E-state index in [1.165, 1.54) is 20.3 Å². The number of carbonyl (C=O) groups is 2. The number of hydrogen-bond acceptors (Lipinski definition) is 6. The molecule has 158 valence electrons. The predicted molar refractivity (Wildman–Crippen MR) is 111 cm³/mol. The number of ether oxygens (including phenoxy) is 3. The van der Waals surface area contributed by atoms with E-state index in [1.54, 1.807) is 18.2 Å². The van der Waals surface area contributed by atoms with Gasteiger partial charge < -0.3 is 18.6 Å². The zero-order valence-electron chi connectivity index (χ0n) is 17.3. The molecule has 1 heterocycles. The highest BCUT2D eigenvalue weighted by molar-refractivity contribution is 6.01. The second kappa shape index (κ2) is 9.32. The lowest BCUT2D eigenvalue weighted by atomic mass is 10.1. The van der Waals surface area contributed by atoms with E-state index in [0.29, 0.717) is 28.2 Å². The SMILES string of the molecule is COCc1c(C(=O)NNC(=O)c2ccc(OC(C)C)c(OC)c2)oc2ccccc12. The smallest absolute Gasteiger partial charge is 0.305 e. The Hall–Kier alpha value is -3.52. The highest BCUT2D eigenvalue weighted by Crippen LogP contribution is 2.29. The van der Waals surface area contributed by atoms with Crippen LogP contribution in [-0.2, 0) is 11.3 Å². The summed E-state index contributed by atoms with van der Waals surface area (Å²) in [4.78, 5) is 25.1. The van der Waals surface area contributed by atoms with Gasteiger partial charge in [0.2, 0.25) is 0 Å². The van der Waals surface area contributed by atoms with E-state index in [4.69, 9.17) is 18.6 Å². The van der Waals surface area contributed by atoms with Crippen LogP contribution in [-0.4, -0.2) is 32.1 Å². The summed E-state index contributed by atoms with van der Waals surface area (Å²) < 4.78 is 21.8. The maximum absolute atomic E-state index is 12.6. The fraction of sp³-hybridized carbons (Fsp3) is 0.273. The average Bonchev–Trinajstić information content (AvgIpc) is 3.10. The molecular formula is C22H24N2O6. The molecule has 0 aliphatic heterocycles. The van der Waals surface area contributed by atoms with Crippen molar-refractivity contribution in [2.45, 2.75) is 26.6 Å². The standard InChI is InChI=1S/C22H24N2O6/c1-13(2)29-18-10-9-14(11-19(18)28-4)21(25)23-24-22(26)20-16(12-27-3)15-7-5-6-8-17(15)30-20/h5-11,13H,12H2,1-4H3,(H,23,25)(H,24,26). The molecule has 2 aromatic carbocycles. The number of fused-ring (bicyclic) bond motifs is 1. The van der Waals surface area contributed by atoms with Crippen LogP contribution in [0.1, 0.15) is 40.3 Å². The number of hydrogen-bond donors (Lipinski definition) is 2. The molecule has 0 saturated carbocycles. The highest BCUT2D eigenvalue weighted by atomic mass is 16.5. The van der Waals surface area contributed by atoms with E-state index < -0.39 is 11.8 Å². The molecule has 0 atom stereocenters. The topological polar surface area (TPSA) is 99.0 Å². The molecule has 0 aliphatic rings. The normalized spacial score (nSPS) is 10.8. The van der Waals surface area contributed by atoms with E-state index in [0.717, 1.165) is 5.39 Å². The summed E-state index contributed by atoms with van der Waals surface area (Å²) in [5, 5.41) is 0.779. The Morgan fingerprint density at radius 1 is 1.00 bits per heavy atom. The number of rotatable bonds is 7. The minimum Gasteiger partial charge on any atom is -0.493 e. The van der Waals surface area contributed by atoms with Crippen LogP contribution in [0, 0.1) is 0 Å². The van der Waals surface area contributed by atoms with Crippen molar-refractivity contribution in [3.05, 3.63) is 59.4 Å². The lowest BCUT2D eigenvalue weighted by Gasteiger charge is -2.14. The summed E-state index contributed by atoms with van der Waals surface area (Å²) >= 11 is 0. The average molecular weight is 412 g/mol. The fourth-order valence-corrected chi connectivity index (χ4v) is 2.97. The number of nitrogens with one attached hydrogen (secondary N) is 2. The van der Waals surface area contributed by atoms with Crippen molar-refractivity contribution in [3.63, 3.8) is 0 Å². The maximum atomic E-state index is 12.6. The van der Waals surface area contributed by atoms with Crippen molar-refractivity contribution < 1.29 is 28.2 Å². The Morgan fingerprint density at radius 2 is 1.73 bits per heavy atom. The van der Waals surface area contributed by atoms with Crippen LogP contribution in [0.2, 0.25) is 0 Å². The molecular weight excluding hydrogens is 388 g/mol. The number of benzene rings is 2. The molecule has 0 unspecified atom stereocenters. The van der Waals surface area contributed by atoms with Crippen molar-refractivity contribution in [1.82, 2.24) is 10.9 Å². The van der Waals surface area contributed by atoms with Crippen LogP contribution in [0.3, 0.4) is 0 Å². The first-order valence-electron chi connectivity index (χ1n) is 9.39. The highest BCUT2D eigenvalue weighted by Gasteiger charge is 2.21. The molecule has 2 N–H and O–H groups in total. The quantitative estimate of drug-likeness (QED) is 0.577. The van der Waals surface area contributed by atoms with Crippen LogP contribution in [0.15, 0.2) is 46.9 Å². The van der Waals surface area contributed by atoms with E-state index in [2.05, 4.69) is 10.9 Å². The van der Waals surface area contributed by atoms with Crippen molar-refractivity contribution >= 4 is 22.8 Å². The Balaban J connectivity index is 1.74. The summed E-state index contributed by atoms with van der Waals surface area (Å²) in [6, 6.07) is 12.0. The van der Waals surface area contributed by atoms with Gasteiger partial charge in [-0.05, 0) is 38.1 Å². The van der Waals surface area contributed by atoms with Gasteiger partial charge in [-0.3, -0.25) is 20.4 Å². The molecule has 0 saturated heterocycles. The summed E-state index contributed by atoms with van der Waals surface area (Å²) in [6.45, 7) is 3.99. The van der Waals surface area contributed by atoms with Gasteiger partial charge in [0.1, 0.15) is 5.58 Å². The lowest BCUT2D eigenvalue weighted by Crippen LogP contribution is -2.41. The molecule has 8 nitrogen and oxygen atoms in total. The fourth-order valence-electron chi connectivity index (χ4n) is 2.97. The molecule has 2 amide bonds. The van der Waals surface area contributed by atoms with Gasteiger partial charge in [-0.1, -0.05) is 18.2 Å². The monoisotopic (exact) mass is 412 g/mol. The second-order valence-corrected chi connectivity index (χ2v) is 6.78. The molecule has 0 radical (unpaired) electrons. The van der Waals surface area contributed by atoms with E-state index in [-0.39, 0.29) is 18.5 Å². The van der Waals surface area contributed by atoms with Gasteiger partial charge in [-0.25, -0.2) is 0 Å². The summed E-state index contributed by atoms with van der Waals surface area (Å²) in [5.41, 5.74) is 6.23. The molecule has 0 bridgehead atoms.